The van der Waals surface area contributed by atoms with Crippen molar-refractivity contribution in [2.24, 2.45) is 0 Å². The standard InChI is InChI=1S/C14H12N2O5/c1-20-13-6-5-11(16(18)19)8-12(13)14(17)21-9-10-4-2-3-7-15-10/h2-8H,9H2,1H3. The summed E-state index contributed by atoms with van der Waals surface area (Å²) in [7, 11) is 1.37. The Kier molecular flexibility index (Phi) is 4.45. The van der Waals surface area contributed by atoms with Crippen LogP contribution < -0.4 is 4.74 Å². The van der Waals surface area contributed by atoms with Gasteiger partial charge in [-0.05, 0) is 18.2 Å². The highest BCUT2D eigenvalue weighted by atomic mass is 16.6. The second-order valence-corrected chi connectivity index (χ2v) is 4.04. The van der Waals surface area contributed by atoms with Crippen LogP contribution in [0, 0.1) is 10.1 Å². The van der Waals surface area contributed by atoms with E-state index in [1.54, 1.807) is 24.4 Å². The Bertz CT molecular complexity index is 658. The lowest BCUT2D eigenvalue weighted by Gasteiger charge is -2.08. The van der Waals surface area contributed by atoms with Gasteiger partial charge in [-0.1, -0.05) is 6.07 Å². The van der Waals surface area contributed by atoms with Crippen molar-refractivity contribution < 1.29 is 19.2 Å². The Labute approximate surface area is 120 Å². The molecule has 7 nitrogen and oxygen atoms in total. The summed E-state index contributed by atoms with van der Waals surface area (Å²) in [6.45, 7) is -0.0223. The SMILES string of the molecule is COc1ccc([N+](=O)[O-])cc1C(=O)OCc1ccccn1. The zero-order valence-corrected chi connectivity index (χ0v) is 11.2. The summed E-state index contributed by atoms with van der Waals surface area (Å²) in [5, 5.41) is 10.8. The van der Waals surface area contributed by atoms with Gasteiger partial charge in [-0.15, -0.1) is 0 Å². The molecule has 0 aliphatic heterocycles. The molecular weight excluding hydrogens is 276 g/mol. The van der Waals surface area contributed by atoms with Crippen molar-refractivity contribution in [1.29, 1.82) is 0 Å². The van der Waals surface area contributed by atoms with Gasteiger partial charge < -0.3 is 9.47 Å². The maximum atomic E-state index is 12.0. The van der Waals surface area contributed by atoms with E-state index in [0.717, 1.165) is 6.07 Å². The van der Waals surface area contributed by atoms with Gasteiger partial charge in [-0.3, -0.25) is 15.1 Å². The van der Waals surface area contributed by atoms with Gasteiger partial charge in [0.2, 0.25) is 0 Å². The Morgan fingerprint density at radius 3 is 2.76 bits per heavy atom. The van der Waals surface area contributed by atoms with E-state index >= 15 is 0 Å². The molecule has 0 atom stereocenters. The molecule has 0 fully saturated rings. The topological polar surface area (TPSA) is 91.6 Å². The molecule has 1 aromatic heterocycles. The fourth-order valence-corrected chi connectivity index (χ4v) is 1.67. The number of hydrogen-bond acceptors (Lipinski definition) is 6. The number of pyridine rings is 1. The molecule has 7 heteroatoms. The van der Waals surface area contributed by atoms with Crippen LogP contribution in [0.2, 0.25) is 0 Å². The molecule has 108 valence electrons. The zero-order valence-electron chi connectivity index (χ0n) is 11.2. The Balaban J connectivity index is 2.17. The Morgan fingerprint density at radius 2 is 2.14 bits per heavy atom. The average molecular weight is 288 g/mol. The smallest absolute Gasteiger partial charge is 0.342 e. The first kappa shape index (κ1) is 14.4. The quantitative estimate of drug-likeness (QED) is 0.476. The molecule has 0 aliphatic carbocycles. The summed E-state index contributed by atoms with van der Waals surface area (Å²) in [6.07, 6.45) is 1.58. The highest BCUT2D eigenvalue weighted by Crippen LogP contribution is 2.24. The van der Waals surface area contributed by atoms with Crippen LogP contribution in [0.1, 0.15) is 16.1 Å². The third-order valence-corrected chi connectivity index (χ3v) is 2.69. The average Bonchev–Trinajstić information content (AvgIpc) is 2.52. The minimum absolute atomic E-state index is 0.00244. The van der Waals surface area contributed by atoms with E-state index in [0.29, 0.717) is 5.69 Å². The molecule has 21 heavy (non-hydrogen) atoms. The van der Waals surface area contributed by atoms with E-state index in [9.17, 15) is 14.9 Å². The lowest BCUT2D eigenvalue weighted by molar-refractivity contribution is -0.384. The second-order valence-electron chi connectivity index (χ2n) is 4.04. The molecule has 2 rings (SSSR count). The fraction of sp³-hybridized carbons (Fsp3) is 0.143. The van der Waals surface area contributed by atoms with E-state index in [2.05, 4.69) is 4.98 Å². The highest BCUT2D eigenvalue weighted by Gasteiger charge is 2.18. The van der Waals surface area contributed by atoms with Crippen LogP contribution in [-0.4, -0.2) is 23.0 Å². The predicted octanol–water partition coefficient (Wildman–Crippen LogP) is 2.36. The number of benzene rings is 1. The number of rotatable bonds is 5. The molecule has 0 aliphatic rings. The van der Waals surface area contributed by atoms with Crippen LogP contribution in [0.25, 0.3) is 0 Å². The molecule has 1 aromatic carbocycles. The molecule has 0 amide bonds. The maximum absolute atomic E-state index is 12.0. The second kappa shape index (κ2) is 6.47. The number of methoxy groups -OCH3 is 1. The number of nitro benzene ring substituents is 1. The first-order valence-corrected chi connectivity index (χ1v) is 6.01. The summed E-state index contributed by atoms with van der Waals surface area (Å²) in [5.41, 5.74) is 0.374. The van der Waals surface area contributed by atoms with Crippen LogP contribution in [0.4, 0.5) is 5.69 Å². The number of esters is 1. The molecule has 0 N–H and O–H groups in total. The number of ether oxygens (including phenoxy) is 2. The van der Waals surface area contributed by atoms with Crippen molar-refractivity contribution in [3.63, 3.8) is 0 Å². The summed E-state index contributed by atoms with van der Waals surface area (Å²) in [4.78, 5) is 26.2. The van der Waals surface area contributed by atoms with Gasteiger partial charge in [-0.2, -0.15) is 0 Å². The first-order chi connectivity index (χ1) is 10.1. The number of non-ortho nitro benzene ring substituents is 1. The Morgan fingerprint density at radius 1 is 1.33 bits per heavy atom. The van der Waals surface area contributed by atoms with Crippen LogP contribution >= 0.6 is 0 Å². The molecule has 0 bridgehead atoms. The number of carbonyl (C=O) groups is 1. The summed E-state index contributed by atoms with van der Waals surface area (Å²) < 4.78 is 10.1. The van der Waals surface area contributed by atoms with Gasteiger partial charge in [-0.25, -0.2) is 4.79 Å². The number of hydrogen-bond donors (Lipinski definition) is 0. The number of aromatic nitrogens is 1. The van der Waals surface area contributed by atoms with E-state index in [-0.39, 0.29) is 23.6 Å². The third kappa shape index (κ3) is 3.53. The monoisotopic (exact) mass is 288 g/mol. The van der Waals surface area contributed by atoms with Gasteiger partial charge in [0.1, 0.15) is 17.9 Å². The fourth-order valence-electron chi connectivity index (χ4n) is 1.67. The third-order valence-electron chi connectivity index (χ3n) is 2.69. The molecule has 0 unspecified atom stereocenters. The van der Waals surface area contributed by atoms with Crippen molar-refractivity contribution in [3.8, 4) is 5.75 Å². The molecule has 2 aromatic rings. The van der Waals surface area contributed by atoms with Gasteiger partial charge in [0.05, 0.1) is 17.7 Å². The first-order valence-electron chi connectivity index (χ1n) is 6.01. The minimum atomic E-state index is -0.707. The van der Waals surface area contributed by atoms with Crippen molar-refractivity contribution in [2.45, 2.75) is 6.61 Å². The predicted molar refractivity (Wildman–Crippen MR) is 73.0 cm³/mol. The van der Waals surface area contributed by atoms with E-state index in [4.69, 9.17) is 9.47 Å². The van der Waals surface area contributed by atoms with E-state index in [1.165, 1.54) is 19.2 Å². The van der Waals surface area contributed by atoms with Crippen LogP contribution in [0.15, 0.2) is 42.6 Å². The van der Waals surface area contributed by atoms with Crippen molar-refractivity contribution in [2.75, 3.05) is 7.11 Å². The summed E-state index contributed by atoms with van der Waals surface area (Å²) in [6, 6.07) is 8.96. The van der Waals surface area contributed by atoms with Crippen LogP contribution in [-0.2, 0) is 11.3 Å². The van der Waals surface area contributed by atoms with Gasteiger partial charge in [0.25, 0.3) is 5.69 Å². The van der Waals surface area contributed by atoms with Crippen molar-refractivity contribution in [3.05, 3.63) is 64.0 Å². The lowest BCUT2D eigenvalue weighted by atomic mass is 10.2. The lowest BCUT2D eigenvalue weighted by Crippen LogP contribution is -2.08. The number of nitro groups is 1. The van der Waals surface area contributed by atoms with Crippen LogP contribution in [0.3, 0.4) is 0 Å². The van der Waals surface area contributed by atoms with Crippen molar-refractivity contribution >= 4 is 11.7 Å². The highest BCUT2D eigenvalue weighted by molar-refractivity contribution is 5.93. The maximum Gasteiger partial charge on any atom is 0.342 e. The zero-order chi connectivity index (χ0) is 15.2. The summed E-state index contributed by atoms with van der Waals surface area (Å²) in [5.74, 6) is -0.493. The molecule has 0 spiro atoms. The largest absolute Gasteiger partial charge is 0.496 e. The summed E-state index contributed by atoms with van der Waals surface area (Å²) >= 11 is 0. The number of nitrogens with zero attached hydrogens (tertiary/aromatic N) is 2. The minimum Gasteiger partial charge on any atom is -0.496 e. The van der Waals surface area contributed by atoms with Gasteiger partial charge >= 0.3 is 5.97 Å². The van der Waals surface area contributed by atoms with E-state index < -0.39 is 10.9 Å². The van der Waals surface area contributed by atoms with Crippen molar-refractivity contribution in [1.82, 2.24) is 4.98 Å². The van der Waals surface area contributed by atoms with E-state index in [1.807, 2.05) is 0 Å². The normalized spacial score (nSPS) is 9.95. The molecule has 0 radical (unpaired) electrons. The molecule has 1 heterocycles. The van der Waals surface area contributed by atoms with Gasteiger partial charge in [0.15, 0.2) is 0 Å². The molecular formula is C14H12N2O5. The molecule has 0 saturated heterocycles. The van der Waals surface area contributed by atoms with Gasteiger partial charge in [0, 0.05) is 18.3 Å². The number of carbonyl (C=O) groups excluding carboxylic acids is 1. The Hall–Kier alpha value is -2.96. The molecule has 0 saturated carbocycles. The van der Waals surface area contributed by atoms with Crippen LogP contribution in [0.5, 0.6) is 5.75 Å².